The highest BCUT2D eigenvalue weighted by Crippen LogP contribution is 2.25. The highest BCUT2D eigenvalue weighted by Gasteiger charge is 2.28. The van der Waals surface area contributed by atoms with E-state index in [-0.39, 0.29) is 12.5 Å². The van der Waals surface area contributed by atoms with Crippen molar-refractivity contribution in [3.8, 4) is 6.07 Å². The van der Waals surface area contributed by atoms with Crippen LogP contribution >= 0.6 is 0 Å². The largest absolute Gasteiger partial charge is 0.345 e. The SMILES string of the molecule is CC(Cc1cccc(C#N)c1)(NC(=O)CN)c1ccccc1. The fraction of sp³-hybridized carbons (Fsp3) is 0.222. The van der Waals surface area contributed by atoms with E-state index in [2.05, 4.69) is 11.4 Å². The van der Waals surface area contributed by atoms with E-state index in [1.807, 2.05) is 55.5 Å². The van der Waals surface area contributed by atoms with Crippen molar-refractivity contribution in [1.29, 1.82) is 5.26 Å². The molecule has 0 heterocycles. The Morgan fingerprint density at radius 1 is 1.23 bits per heavy atom. The van der Waals surface area contributed by atoms with E-state index in [1.165, 1.54) is 0 Å². The molecular formula is C18H19N3O. The quantitative estimate of drug-likeness (QED) is 0.886. The number of nitrogens with zero attached hydrogens (tertiary/aromatic N) is 1. The minimum absolute atomic E-state index is 0.0549. The molecule has 0 spiro atoms. The summed E-state index contributed by atoms with van der Waals surface area (Å²) < 4.78 is 0. The number of hydrogen-bond acceptors (Lipinski definition) is 3. The Morgan fingerprint density at radius 3 is 2.59 bits per heavy atom. The Bertz CT molecular complexity index is 691. The molecule has 2 aromatic carbocycles. The van der Waals surface area contributed by atoms with E-state index in [4.69, 9.17) is 11.0 Å². The lowest BCUT2D eigenvalue weighted by molar-refractivity contribution is -0.121. The molecule has 0 aliphatic carbocycles. The second kappa shape index (κ2) is 6.88. The Labute approximate surface area is 130 Å². The summed E-state index contributed by atoms with van der Waals surface area (Å²) in [5, 5.41) is 12.0. The first-order valence-corrected chi connectivity index (χ1v) is 7.13. The van der Waals surface area contributed by atoms with Crippen molar-refractivity contribution in [3.05, 3.63) is 71.3 Å². The summed E-state index contributed by atoms with van der Waals surface area (Å²) in [6.45, 7) is 1.91. The molecule has 112 valence electrons. The van der Waals surface area contributed by atoms with Crippen LogP contribution in [0.2, 0.25) is 0 Å². The Hall–Kier alpha value is -2.64. The molecule has 2 aromatic rings. The number of benzene rings is 2. The molecule has 0 radical (unpaired) electrons. The van der Waals surface area contributed by atoms with Crippen molar-refractivity contribution >= 4 is 5.91 Å². The van der Waals surface area contributed by atoms with Crippen LogP contribution in [-0.4, -0.2) is 12.5 Å². The van der Waals surface area contributed by atoms with Crippen LogP contribution in [0, 0.1) is 11.3 Å². The van der Waals surface area contributed by atoms with Crippen molar-refractivity contribution in [2.24, 2.45) is 5.73 Å². The Morgan fingerprint density at radius 2 is 1.95 bits per heavy atom. The molecule has 0 aliphatic heterocycles. The number of nitrogens with one attached hydrogen (secondary N) is 1. The molecule has 0 aliphatic rings. The van der Waals surface area contributed by atoms with Crippen LogP contribution in [0.5, 0.6) is 0 Å². The molecule has 0 saturated heterocycles. The zero-order valence-corrected chi connectivity index (χ0v) is 12.5. The van der Waals surface area contributed by atoms with E-state index < -0.39 is 5.54 Å². The number of amides is 1. The van der Waals surface area contributed by atoms with Gasteiger partial charge in [0.1, 0.15) is 0 Å². The fourth-order valence-electron chi connectivity index (χ4n) is 2.54. The highest BCUT2D eigenvalue weighted by atomic mass is 16.2. The van der Waals surface area contributed by atoms with Gasteiger partial charge in [0, 0.05) is 0 Å². The number of nitriles is 1. The zero-order valence-electron chi connectivity index (χ0n) is 12.5. The monoisotopic (exact) mass is 293 g/mol. The van der Waals surface area contributed by atoms with Crippen LogP contribution in [0.3, 0.4) is 0 Å². The lowest BCUT2D eigenvalue weighted by Gasteiger charge is -2.32. The van der Waals surface area contributed by atoms with Gasteiger partial charge in [0.15, 0.2) is 0 Å². The van der Waals surface area contributed by atoms with Gasteiger partial charge >= 0.3 is 0 Å². The van der Waals surface area contributed by atoms with Crippen molar-refractivity contribution < 1.29 is 4.79 Å². The van der Waals surface area contributed by atoms with E-state index in [9.17, 15) is 4.79 Å². The van der Waals surface area contributed by atoms with E-state index in [0.29, 0.717) is 12.0 Å². The molecule has 1 atom stereocenters. The molecule has 0 aromatic heterocycles. The molecule has 1 amide bonds. The smallest absolute Gasteiger partial charge is 0.234 e. The summed E-state index contributed by atoms with van der Waals surface area (Å²) in [5.41, 5.74) is 7.46. The molecule has 4 nitrogen and oxygen atoms in total. The Balaban J connectivity index is 2.36. The van der Waals surface area contributed by atoms with Crippen molar-refractivity contribution in [3.63, 3.8) is 0 Å². The van der Waals surface area contributed by atoms with Gasteiger partial charge in [0.05, 0.1) is 23.7 Å². The van der Waals surface area contributed by atoms with E-state index >= 15 is 0 Å². The lowest BCUT2D eigenvalue weighted by atomic mass is 9.85. The third-order valence-electron chi connectivity index (χ3n) is 3.63. The summed E-state index contributed by atoms with van der Waals surface area (Å²) in [4.78, 5) is 11.8. The number of nitrogens with two attached hydrogens (primary N) is 1. The number of carbonyl (C=O) groups is 1. The lowest BCUT2D eigenvalue weighted by Crippen LogP contribution is -2.47. The second-order valence-electron chi connectivity index (χ2n) is 5.44. The summed E-state index contributed by atoms with van der Waals surface area (Å²) >= 11 is 0. The van der Waals surface area contributed by atoms with Crippen molar-refractivity contribution in [2.75, 3.05) is 6.54 Å². The van der Waals surface area contributed by atoms with Gasteiger partial charge in [-0.3, -0.25) is 4.79 Å². The number of hydrogen-bond donors (Lipinski definition) is 2. The average molecular weight is 293 g/mol. The predicted molar refractivity (Wildman–Crippen MR) is 85.9 cm³/mol. The first kappa shape index (κ1) is 15.7. The molecule has 0 bridgehead atoms. The molecule has 3 N–H and O–H groups in total. The number of rotatable bonds is 5. The average Bonchev–Trinajstić information content (AvgIpc) is 2.55. The van der Waals surface area contributed by atoms with Gasteiger partial charge in [-0.2, -0.15) is 5.26 Å². The Kier molecular flexibility index (Phi) is 4.92. The van der Waals surface area contributed by atoms with Crippen LogP contribution in [0.25, 0.3) is 0 Å². The standard InChI is InChI=1S/C18H19N3O/c1-18(21-17(22)13-20,16-8-3-2-4-9-16)11-14-6-5-7-15(10-14)12-19/h2-10H,11,13,20H2,1H3,(H,21,22). The molecule has 1 unspecified atom stereocenters. The van der Waals surface area contributed by atoms with Gasteiger partial charge in [0.2, 0.25) is 5.91 Å². The molecule has 4 heteroatoms. The second-order valence-corrected chi connectivity index (χ2v) is 5.44. The third-order valence-corrected chi connectivity index (χ3v) is 3.63. The van der Waals surface area contributed by atoms with Crippen molar-refractivity contribution in [1.82, 2.24) is 5.32 Å². The third kappa shape index (κ3) is 3.72. The number of carbonyl (C=O) groups excluding carboxylic acids is 1. The van der Waals surface area contributed by atoms with Gasteiger partial charge in [-0.05, 0) is 36.6 Å². The summed E-state index contributed by atoms with van der Waals surface area (Å²) in [6.07, 6.45) is 0.582. The van der Waals surface area contributed by atoms with Crippen LogP contribution in [0.15, 0.2) is 54.6 Å². The highest BCUT2D eigenvalue weighted by molar-refractivity contribution is 5.78. The normalized spacial score (nSPS) is 13.0. The van der Waals surface area contributed by atoms with Crippen LogP contribution in [0.4, 0.5) is 0 Å². The molecule has 0 saturated carbocycles. The molecule has 2 rings (SSSR count). The summed E-state index contributed by atoms with van der Waals surface area (Å²) in [7, 11) is 0. The zero-order chi connectivity index (χ0) is 16.0. The predicted octanol–water partition coefficient (Wildman–Crippen LogP) is 2.09. The minimum atomic E-state index is -0.578. The van der Waals surface area contributed by atoms with Crippen LogP contribution < -0.4 is 11.1 Å². The molecule has 0 fully saturated rings. The van der Waals surface area contributed by atoms with Gasteiger partial charge in [0.25, 0.3) is 0 Å². The van der Waals surface area contributed by atoms with Gasteiger partial charge in [-0.1, -0.05) is 42.5 Å². The van der Waals surface area contributed by atoms with Gasteiger partial charge in [-0.25, -0.2) is 0 Å². The van der Waals surface area contributed by atoms with Gasteiger partial charge in [-0.15, -0.1) is 0 Å². The maximum atomic E-state index is 11.8. The summed E-state index contributed by atoms with van der Waals surface area (Å²) in [6, 6.07) is 19.3. The first-order chi connectivity index (χ1) is 10.6. The van der Waals surface area contributed by atoms with Gasteiger partial charge < -0.3 is 11.1 Å². The minimum Gasteiger partial charge on any atom is -0.345 e. The topological polar surface area (TPSA) is 78.9 Å². The van der Waals surface area contributed by atoms with E-state index in [0.717, 1.165) is 11.1 Å². The fourth-order valence-corrected chi connectivity index (χ4v) is 2.54. The van der Waals surface area contributed by atoms with E-state index in [1.54, 1.807) is 6.07 Å². The first-order valence-electron chi connectivity index (χ1n) is 7.13. The molecule has 22 heavy (non-hydrogen) atoms. The summed E-state index contributed by atoms with van der Waals surface area (Å²) in [5.74, 6) is -0.206. The maximum absolute atomic E-state index is 11.8. The maximum Gasteiger partial charge on any atom is 0.234 e. The van der Waals surface area contributed by atoms with Crippen LogP contribution in [0.1, 0.15) is 23.6 Å². The molecular weight excluding hydrogens is 274 g/mol. The van der Waals surface area contributed by atoms with Crippen molar-refractivity contribution in [2.45, 2.75) is 18.9 Å². The van der Waals surface area contributed by atoms with Crippen LogP contribution in [-0.2, 0) is 16.8 Å².